The third-order valence-electron chi connectivity index (χ3n) is 4.24. The smallest absolute Gasteiger partial charge is 0.303 e. The van der Waals surface area contributed by atoms with Gasteiger partial charge in [0.2, 0.25) is 0 Å². The molecule has 0 aliphatic carbocycles. The Balaban J connectivity index is 1.66. The minimum absolute atomic E-state index is 0.166. The van der Waals surface area contributed by atoms with Crippen molar-refractivity contribution in [2.24, 2.45) is 0 Å². The number of methoxy groups -OCH3 is 1. The first-order valence-electron chi connectivity index (χ1n) is 8.91. The highest BCUT2D eigenvalue weighted by Crippen LogP contribution is 2.18. The van der Waals surface area contributed by atoms with Gasteiger partial charge in [0, 0.05) is 6.42 Å². The van der Waals surface area contributed by atoms with E-state index in [0.717, 1.165) is 43.5 Å². The van der Waals surface area contributed by atoms with Crippen molar-refractivity contribution < 1.29 is 19.0 Å². The summed E-state index contributed by atoms with van der Waals surface area (Å²) in [6, 6.07) is 13.1. The lowest BCUT2D eigenvalue weighted by molar-refractivity contribution is -0.136. The fourth-order valence-corrected chi connectivity index (χ4v) is 2.83. The number of benzene rings is 2. The maximum atomic E-state index is 13.4. The highest BCUT2D eigenvalue weighted by atomic mass is 19.1. The maximum Gasteiger partial charge on any atom is 0.303 e. The van der Waals surface area contributed by atoms with Crippen LogP contribution in [0.4, 0.5) is 4.39 Å². The van der Waals surface area contributed by atoms with E-state index in [1.165, 1.54) is 18.7 Å². The van der Waals surface area contributed by atoms with E-state index in [4.69, 9.17) is 9.84 Å². The number of aliphatic carboxylic acids is 1. The average molecular weight is 359 g/mol. The molecule has 0 saturated carbocycles. The molecule has 5 heteroatoms. The summed E-state index contributed by atoms with van der Waals surface area (Å²) in [5.41, 5.74) is 3.35. The largest absolute Gasteiger partial charge is 0.494 e. The first kappa shape index (κ1) is 19.9. The third-order valence-corrected chi connectivity index (χ3v) is 4.24. The Hall–Kier alpha value is -2.40. The summed E-state index contributed by atoms with van der Waals surface area (Å²) < 4.78 is 18.4. The van der Waals surface area contributed by atoms with Crippen molar-refractivity contribution in [2.75, 3.05) is 20.2 Å². The fraction of sp³-hybridized carbons (Fsp3) is 0.381. The van der Waals surface area contributed by atoms with Gasteiger partial charge in [-0.25, -0.2) is 4.39 Å². The number of nitrogens with one attached hydrogen (secondary N) is 1. The van der Waals surface area contributed by atoms with Crippen molar-refractivity contribution in [3.8, 4) is 5.75 Å². The van der Waals surface area contributed by atoms with E-state index in [0.29, 0.717) is 6.42 Å². The van der Waals surface area contributed by atoms with Gasteiger partial charge in [0.1, 0.15) is 0 Å². The minimum Gasteiger partial charge on any atom is -0.494 e. The molecule has 0 unspecified atom stereocenters. The first-order valence-corrected chi connectivity index (χ1v) is 8.91. The molecule has 0 aliphatic heterocycles. The SMILES string of the molecule is COc1cc(CCNCCCc2cccc(CCC(=O)O)c2)ccc1F. The van der Waals surface area contributed by atoms with Gasteiger partial charge >= 0.3 is 5.97 Å². The molecule has 0 aromatic heterocycles. The molecule has 0 spiro atoms. The van der Waals surface area contributed by atoms with E-state index in [1.54, 1.807) is 12.1 Å². The van der Waals surface area contributed by atoms with Gasteiger partial charge in [-0.2, -0.15) is 0 Å². The molecule has 0 fully saturated rings. The van der Waals surface area contributed by atoms with Crippen molar-refractivity contribution in [1.82, 2.24) is 5.32 Å². The molecule has 0 bridgehead atoms. The van der Waals surface area contributed by atoms with E-state index in [1.807, 2.05) is 12.1 Å². The van der Waals surface area contributed by atoms with Crippen molar-refractivity contribution in [2.45, 2.75) is 32.1 Å². The predicted octanol–water partition coefficient (Wildman–Crippen LogP) is 3.62. The summed E-state index contributed by atoms with van der Waals surface area (Å²) in [6.45, 7) is 1.73. The van der Waals surface area contributed by atoms with E-state index in [9.17, 15) is 9.18 Å². The van der Waals surface area contributed by atoms with Crippen LogP contribution in [0.2, 0.25) is 0 Å². The number of carboxylic acid groups (broad SMARTS) is 1. The molecule has 0 aliphatic rings. The van der Waals surface area contributed by atoms with Crippen LogP contribution >= 0.6 is 0 Å². The Morgan fingerprint density at radius 2 is 1.77 bits per heavy atom. The fourth-order valence-electron chi connectivity index (χ4n) is 2.83. The molecule has 2 aromatic rings. The number of rotatable bonds is 11. The quantitative estimate of drug-likeness (QED) is 0.602. The van der Waals surface area contributed by atoms with Gasteiger partial charge in [0.15, 0.2) is 11.6 Å². The predicted molar refractivity (Wildman–Crippen MR) is 100 cm³/mol. The number of hydrogen-bond donors (Lipinski definition) is 2. The molecule has 0 amide bonds. The summed E-state index contributed by atoms with van der Waals surface area (Å²) in [5, 5.41) is 12.2. The van der Waals surface area contributed by atoms with Gasteiger partial charge in [-0.3, -0.25) is 4.79 Å². The number of aryl methyl sites for hydroxylation is 2. The molecular weight excluding hydrogens is 333 g/mol. The van der Waals surface area contributed by atoms with Gasteiger partial charge in [-0.15, -0.1) is 0 Å². The molecule has 0 saturated heterocycles. The van der Waals surface area contributed by atoms with Gasteiger partial charge in [0.25, 0.3) is 0 Å². The van der Waals surface area contributed by atoms with Crippen LogP contribution in [-0.4, -0.2) is 31.3 Å². The zero-order chi connectivity index (χ0) is 18.8. The van der Waals surface area contributed by atoms with E-state index >= 15 is 0 Å². The monoisotopic (exact) mass is 359 g/mol. The van der Waals surface area contributed by atoms with E-state index in [2.05, 4.69) is 17.4 Å². The van der Waals surface area contributed by atoms with Crippen LogP contribution < -0.4 is 10.1 Å². The molecular formula is C21H26FNO3. The lowest BCUT2D eigenvalue weighted by atomic mass is 10.0. The Labute approximate surface area is 154 Å². The van der Waals surface area contributed by atoms with Crippen LogP contribution in [0.15, 0.2) is 42.5 Å². The standard InChI is InChI=1S/C21H26FNO3/c1-26-20-15-18(7-9-19(20)22)11-13-23-12-3-6-16-4-2-5-17(14-16)8-10-21(24)25/h2,4-5,7,9,14-15,23H,3,6,8,10-13H2,1H3,(H,24,25). The van der Waals surface area contributed by atoms with Crippen LogP contribution in [-0.2, 0) is 24.1 Å². The number of carbonyl (C=O) groups is 1. The van der Waals surface area contributed by atoms with Crippen LogP contribution in [0.1, 0.15) is 29.5 Å². The molecule has 26 heavy (non-hydrogen) atoms. The average Bonchev–Trinajstić information content (AvgIpc) is 2.64. The topological polar surface area (TPSA) is 58.6 Å². The number of halogens is 1. The number of hydrogen-bond acceptors (Lipinski definition) is 3. The van der Waals surface area contributed by atoms with Gasteiger partial charge < -0.3 is 15.2 Å². The lowest BCUT2D eigenvalue weighted by Crippen LogP contribution is -2.19. The third kappa shape index (κ3) is 6.84. The highest BCUT2D eigenvalue weighted by Gasteiger charge is 2.03. The molecule has 4 nitrogen and oxygen atoms in total. The normalized spacial score (nSPS) is 10.7. The molecule has 0 atom stereocenters. The molecule has 2 aromatic carbocycles. The lowest BCUT2D eigenvalue weighted by Gasteiger charge is -2.08. The van der Waals surface area contributed by atoms with Crippen LogP contribution in [0.3, 0.4) is 0 Å². The Morgan fingerprint density at radius 3 is 2.50 bits per heavy atom. The van der Waals surface area contributed by atoms with Crippen LogP contribution in [0.25, 0.3) is 0 Å². The van der Waals surface area contributed by atoms with Crippen LogP contribution in [0.5, 0.6) is 5.75 Å². The number of ether oxygens (including phenoxy) is 1. The summed E-state index contributed by atoms with van der Waals surface area (Å²) in [4.78, 5) is 10.7. The van der Waals surface area contributed by atoms with E-state index in [-0.39, 0.29) is 18.0 Å². The Kier molecular flexibility index (Phi) is 8.09. The number of carboxylic acids is 1. The minimum atomic E-state index is -0.765. The summed E-state index contributed by atoms with van der Waals surface area (Å²) in [5.74, 6) is -0.821. The van der Waals surface area contributed by atoms with Crippen molar-refractivity contribution >= 4 is 5.97 Å². The summed E-state index contributed by atoms with van der Waals surface area (Å²) in [6.07, 6.45) is 3.52. The highest BCUT2D eigenvalue weighted by molar-refractivity contribution is 5.67. The van der Waals surface area contributed by atoms with Crippen molar-refractivity contribution in [3.63, 3.8) is 0 Å². The summed E-state index contributed by atoms with van der Waals surface area (Å²) in [7, 11) is 1.47. The second kappa shape index (κ2) is 10.6. The van der Waals surface area contributed by atoms with Crippen molar-refractivity contribution in [3.05, 3.63) is 65.0 Å². The Bertz CT molecular complexity index is 718. The summed E-state index contributed by atoms with van der Waals surface area (Å²) >= 11 is 0. The Morgan fingerprint density at radius 1 is 1.04 bits per heavy atom. The van der Waals surface area contributed by atoms with Gasteiger partial charge in [-0.1, -0.05) is 30.3 Å². The van der Waals surface area contributed by atoms with Crippen molar-refractivity contribution in [1.29, 1.82) is 0 Å². The van der Waals surface area contributed by atoms with Gasteiger partial charge in [-0.05, 0) is 67.6 Å². The molecule has 2 N–H and O–H groups in total. The molecule has 0 heterocycles. The van der Waals surface area contributed by atoms with E-state index < -0.39 is 5.97 Å². The van der Waals surface area contributed by atoms with Gasteiger partial charge in [0.05, 0.1) is 7.11 Å². The second-order valence-electron chi connectivity index (χ2n) is 6.29. The van der Waals surface area contributed by atoms with Crippen LogP contribution in [0, 0.1) is 5.82 Å². The maximum absolute atomic E-state index is 13.4. The second-order valence-corrected chi connectivity index (χ2v) is 6.29. The molecule has 2 rings (SSSR count). The zero-order valence-electron chi connectivity index (χ0n) is 15.1. The zero-order valence-corrected chi connectivity index (χ0v) is 15.1. The first-order chi connectivity index (χ1) is 12.6. The molecule has 0 radical (unpaired) electrons. The molecule has 140 valence electrons.